The van der Waals surface area contributed by atoms with E-state index in [-0.39, 0.29) is 11.8 Å². The molecule has 2 rings (SSSR count). The largest absolute Gasteiger partial charge is 0.358 e. The predicted molar refractivity (Wildman–Crippen MR) is 108 cm³/mol. The molecule has 1 aromatic heterocycles. The molecule has 0 aliphatic rings. The second-order valence-corrected chi connectivity index (χ2v) is 6.88. The molecule has 0 saturated heterocycles. The molecule has 0 bridgehead atoms. The third-order valence-corrected chi connectivity index (χ3v) is 4.90. The molecule has 0 fully saturated rings. The van der Waals surface area contributed by atoms with Gasteiger partial charge in [0.15, 0.2) is 5.13 Å². The number of aromatic nitrogens is 1. The summed E-state index contributed by atoms with van der Waals surface area (Å²) in [5.74, 6) is 0.192. The van der Waals surface area contributed by atoms with Crippen LogP contribution in [0.15, 0.2) is 42.3 Å². The molecule has 4 nitrogen and oxygen atoms in total. The summed E-state index contributed by atoms with van der Waals surface area (Å²) < 4.78 is 0. The first kappa shape index (κ1) is 19.2. The van der Waals surface area contributed by atoms with Gasteiger partial charge in [-0.05, 0) is 25.0 Å². The SMILES string of the molecule is C=CCNc1nc(-c2cccc(NC(=O)C(CC)CCCC)c2)cs1. The van der Waals surface area contributed by atoms with Gasteiger partial charge in [0.1, 0.15) is 0 Å². The van der Waals surface area contributed by atoms with Gasteiger partial charge in [0.25, 0.3) is 0 Å². The molecule has 2 N–H and O–H groups in total. The van der Waals surface area contributed by atoms with Gasteiger partial charge in [0.2, 0.25) is 5.91 Å². The Labute approximate surface area is 154 Å². The zero-order chi connectivity index (χ0) is 18.1. The second-order valence-electron chi connectivity index (χ2n) is 6.02. The quantitative estimate of drug-likeness (QED) is 0.547. The Kier molecular flexibility index (Phi) is 7.67. The Hall–Kier alpha value is -2.14. The third kappa shape index (κ3) is 5.71. The van der Waals surface area contributed by atoms with E-state index in [9.17, 15) is 4.79 Å². The molecule has 1 aromatic carbocycles. The Morgan fingerprint density at radius 1 is 1.40 bits per heavy atom. The van der Waals surface area contributed by atoms with Crippen LogP contribution >= 0.6 is 11.3 Å². The minimum absolute atomic E-state index is 0.0811. The van der Waals surface area contributed by atoms with Crippen LogP contribution in [0.1, 0.15) is 39.5 Å². The fourth-order valence-corrected chi connectivity index (χ4v) is 3.35. The maximum Gasteiger partial charge on any atom is 0.227 e. The molecule has 0 aliphatic carbocycles. The fraction of sp³-hybridized carbons (Fsp3) is 0.400. The highest BCUT2D eigenvalue weighted by Crippen LogP contribution is 2.27. The van der Waals surface area contributed by atoms with Gasteiger partial charge in [-0.3, -0.25) is 4.79 Å². The van der Waals surface area contributed by atoms with E-state index in [1.165, 1.54) is 0 Å². The third-order valence-electron chi connectivity index (χ3n) is 4.10. The number of hydrogen-bond acceptors (Lipinski definition) is 4. The number of carbonyl (C=O) groups excluding carboxylic acids is 1. The Balaban J connectivity index is 2.06. The molecule has 5 heteroatoms. The summed E-state index contributed by atoms with van der Waals surface area (Å²) in [6.07, 6.45) is 5.83. The number of rotatable bonds is 10. The van der Waals surface area contributed by atoms with E-state index in [0.29, 0.717) is 6.54 Å². The molecule has 1 heterocycles. The lowest BCUT2D eigenvalue weighted by atomic mass is 9.98. The Bertz CT molecular complexity index is 696. The lowest BCUT2D eigenvalue weighted by molar-refractivity contribution is -0.120. The lowest BCUT2D eigenvalue weighted by Crippen LogP contribution is -2.22. The van der Waals surface area contributed by atoms with Crippen molar-refractivity contribution in [3.63, 3.8) is 0 Å². The van der Waals surface area contributed by atoms with Crippen molar-refractivity contribution in [3.05, 3.63) is 42.3 Å². The smallest absolute Gasteiger partial charge is 0.227 e. The number of thiazole rings is 1. The van der Waals surface area contributed by atoms with Crippen LogP contribution in [0.3, 0.4) is 0 Å². The molecule has 0 spiro atoms. The van der Waals surface area contributed by atoms with Crippen molar-refractivity contribution in [1.82, 2.24) is 4.98 Å². The average Bonchev–Trinajstić information content (AvgIpc) is 3.10. The van der Waals surface area contributed by atoms with Crippen LogP contribution < -0.4 is 10.6 Å². The molecule has 0 saturated carbocycles. The summed E-state index contributed by atoms with van der Waals surface area (Å²) in [7, 11) is 0. The normalized spacial score (nSPS) is 11.8. The highest BCUT2D eigenvalue weighted by atomic mass is 32.1. The standard InChI is InChI=1S/C20H27N3OS/c1-4-7-9-15(6-3)19(24)22-17-11-8-10-16(13-17)18-14-25-20(23-18)21-12-5-2/h5,8,10-11,13-15H,2,4,6-7,9,12H2,1,3H3,(H,21,23)(H,22,24). The summed E-state index contributed by atoms with van der Waals surface area (Å²) in [4.78, 5) is 17.1. The minimum atomic E-state index is 0.0811. The highest BCUT2D eigenvalue weighted by molar-refractivity contribution is 7.14. The number of anilines is 2. The van der Waals surface area contributed by atoms with Gasteiger partial charge in [-0.15, -0.1) is 17.9 Å². The molecular weight excluding hydrogens is 330 g/mol. The molecule has 134 valence electrons. The van der Waals surface area contributed by atoms with Gasteiger partial charge < -0.3 is 10.6 Å². The van der Waals surface area contributed by atoms with Crippen LogP contribution in [0, 0.1) is 5.92 Å². The molecule has 25 heavy (non-hydrogen) atoms. The second kappa shape index (κ2) is 9.99. The van der Waals surface area contributed by atoms with E-state index in [2.05, 4.69) is 36.0 Å². The zero-order valence-corrected chi connectivity index (χ0v) is 15.9. The van der Waals surface area contributed by atoms with E-state index >= 15 is 0 Å². The minimum Gasteiger partial charge on any atom is -0.358 e. The fourth-order valence-electron chi connectivity index (χ4n) is 2.62. The topological polar surface area (TPSA) is 54.0 Å². The van der Waals surface area contributed by atoms with E-state index in [0.717, 1.165) is 47.8 Å². The van der Waals surface area contributed by atoms with Gasteiger partial charge in [-0.2, -0.15) is 0 Å². The Morgan fingerprint density at radius 3 is 2.96 bits per heavy atom. The van der Waals surface area contributed by atoms with Crippen molar-refractivity contribution in [1.29, 1.82) is 0 Å². The molecule has 1 amide bonds. The first-order chi connectivity index (χ1) is 12.2. The van der Waals surface area contributed by atoms with Crippen LogP contribution in [0.4, 0.5) is 10.8 Å². The number of amides is 1. The highest BCUT2D eigenvalue weighted by Gasteiger charge is 2.16. The molecule has 0 radical (unpaired) electrons. The van der Waals surface area contributed by atoms with Crippen molar-refractivity contribution < 1.29 is 4.79 Å². The van der Waals surface area contributed by atoms with Crippen LogP contribution in [0.2, 0.25) is 0 Å². The first-order valence-corrected chi connectivity index (χ1v) is 9.77. The van der Waals surface area contributed by atoms with Crippen LogP contribution in [-0.2, 0) is 4.79 Å². The summed E-state index contributed by atoms with van der Waals surface area (Å²) in [5, 5.41) is 9.14. The summed E-state index contributed by atoms with van der Waals surface area (Å²) >= 11 is 1.56. The van der Waals surface area contributed by atoms with E-state index in [4.69, 9.17) is 0 Å². The number of unbranched alkanes of at least 4 members (excludes halogenated alkanes) is 1. The molecule has 1 unspecified atom stereocenters. The average molecular weight is 358 g/mol. The van der Waals surface area contributed by atoms with Crippen molar-refractivity contribution in [2.75, 3.05) is 17.2 Å². The number of benzene rings is 1. The number of nitrogens with one attached hydrogen (secondary N) is 2. The first-order valence-electron chi connectivity index (χ1n) is 8.89. The lowest BCUT2D eigenvalue weighted by Gasteiger charge is -2.15. The summed E-state index contributed by atoms with van der Waals surface area (Å²) in [5.41, 5.74) is 2.74. The molecule has 2 aromatic rings. The Morgan fingerprint density at radius 2 is 2.24 bits per heavy atom. The van der Waals surface area contributed by atoms with E-state index < -0.39 is 0 Å². The van der Waals surface area contributed by atoms with Crippen molar-refractivity contribution in [2.24, 2.45) is 5.92 Å². The van der Waals surface area contributed by atoms with Crippen molar-refractivity contribution in [2.45, 2.75) is 39.5 Å². The number of hydrogen-bond donors (Lipinski definition) is 2. The van der Waals surface area contributed by atoms with Gasteiger partial charge >= 0.3 is 0 Å². The monoisotopic (exact) mass is 357 g/mol. The van der Waals surface area contributed by atoms with E-state index in [1.807, 2.05) is 29.6 Å². The molecule has 1 atom stereocenters. The van der Waals surface area contributed by atoms with Gasteiger partial charge in [0, 0.05) is 29.1 Å². The van der Waals surface area contributed by atoms with Crippen LogP contribution in [-0.4, -0.2) is 17.4 Å². The molecule has 0 aliphatic heterocycles. The number of carbonyl (C=O) groups is 1. The van der Waals surface area contributed by atoms with Gasteiger partial charge in [-0.1, -0.05) is 44.9 Å². The number of nitrogens with zero attached hydrogens (tertiary/aromatic N) is 1. The predicted octanol–water partition coefficient (Wildman–Crippen LogP) is 5.56. The summed E-state index contributed by atoms with van der Waals surface area (Å²) in [6.45, 7) is 8.61. The maximum absolute atomic E-state index is 12.5. The van der Waals surface area contributed by atoms with Crippen LogP contribution in [0.5, 0.6) is 0 Å². The maximum atomic E-state index is 12.5. The van der Waals surface area contributed by atoms with Crippen LogP contribution in [0.25, 0.3) is 11.3 Å². The zero-order valence-electron chi connectivity index (χ0n) is 15.0. The van der Waals surface area contributed by atoms with Crippen molar-refractivity contribution >= 4 is 28.1 Å². The van der Waals surface area contributed by atoms with Gasteiger partial charge in [0.05, 0.1) is 5.69 Å². The van der Waals surface area contributed by atoms with Crippen molar-refractivity contribution in [3.8, 4) is 11.3 Å². The molecular formula is C20H27N3OS. The van der Waals surface area contributed by atoms with E-state index in [1.54, 1.807) is 17.4 Å². The van der Waals surface area contributed by atoms with Gasteiger partial charge in [-0.25, -0.2) is 4.98 Å². The summed E-state index contributed by atoms with van der Waals surface area (Å²) in [6, 6.07) is 7.87.